The zero-order valence-corrected chi connectivity index (χ0v) is 11.9. The molecule has 0 amide bonds. The summed E-state index contributed by atoms with van der Waals surface area (Å²) >= 11 is 1.77. The Morgan fingerprint density at radius 3 is 2.56 bits per heavy atom. The van der Waals surface area contributed by atoms with Crippen molar-refractivity contribution < 1.29 is 0 Å². The van der Waals surface area contributed by atoms with Crippen molar-refractivity contribution in [3.8, 4) is 0 Å². The van der Waals surface area contributed by atoms with Gasteiger partial charge in [-0.3, -0.25) is 0 Å². The van der Waals surface area contributed by atoms with Crippen LogP contribution in [0.25, 0.3) is 0 Å². The number of benzene rings is 1. The number of hydrogen-bond acceptors (Lipinski definition) is 2. The highest BCUT2D eigenvalue weighted by Crippen LogP contribution is 2.17. The summed E-state index contributed by atoms with van der Waals surface area (Å²) in [5, 5.41) is 8.02. The van der Waals surface area contributed by atoms with Crippen LogP contribution < -0.4 is 5.32 Å². The number of hydrogen-bond donors (Lipinski definition) is 1. The molecule has 0 radical (unpaired) electrons. The topological polar surface area (TPSA) is 12.0 Å². The lowest BCUT2D eigenvalue weighted by Crippen LogP contribution is -2.29. The molecule has 2 atom stereocenters. The van der Waals surface area contributed by atoms with Crippen molar-refractivity contribution in [2.75, 3.05) is 0 Å². The first kappa shape index (κ1) is 13.3. The molecule has 0 saturated heterocycles. The Labute approximate surface area is 114 Å². The van der Waals surface area contributed by atoms with Crippen LogP contribution >= 0.6 is 11.3 Å². The molecule has 0 aliphatic carbocycles. The zero-order valence-electron chi connectivity index (χ0n) is 11.1. The summed E-state index contributed by atoms with van der Waals surface area (Å²) in [5.41, 5.74) is 2.82. The van der Waals surface area contributed by atoms with Gasteiger partial charge in [0.15, 0.2) is 0 Å². The minimum atomic E-state index is 0.446. The molecule has 0 spiro atoms. The molecule has 2 unspecified atom stereocenters. The zero-order chi connectivity index (χ0) is 12.8. The van der Waals surface area contributed by atoms with Crippen LogP contribution in [0.1, 0.15) is 37.4 Å². The normalized spacial score (nSPS) is 14.3. The predicted octanol–water partition coefficient (Wildman–Crippen LogP) is 4.42. The molecule has 0 fully saturated rings. The monoisotopic (exact) mass is 259 g/mol. The fourth-order valence-corrected chi connectivity index (χ4v) is 2.91. The van der Waals surface area contributed by atoms with E-state index in [1.807, 2.05) is 0 Å². The van der Waals surface area contributed by atoms with Crippen LogP contribution in [0, 0.1) is 0 Å². The average Bonchev–Trinajstić information content (AvgIpc) is 2.91. The molecule has 0 saturated carbocycles. The number of rotatable bonds is 6. The summed E-state index contributed by atoms with van der Waals surface area (Å²) in [5.74, 6) is 0. The molecule has 1 aromatic heterocycles. The summed E-state index contributed by atoms with van der Waals surface area (Å²) in [7, 11) is 0. The van der Waals surface area contributed by atoms with Gasteiger partial charge in [0, 0.05) is 12.1 Å². The molecular formula is C16H21NS. The fourth-order valence-electron chi connectivity index (χ4n) is 2.16. The van der Waals surface area contributed by atoms with Gasteiger partial charge in [0.2, 0.25) is 0 Å². The summed E-state index contributed by atoms with van der Waals surface area (Å²) in [4.78, 5) is 0. The van der Waals surface area contributed by atoms with E-state index in [0.29, 0.717) is 12.1 Å². The van der Waals surface area contributed by atoms with E-state index in [4.69, 9.17) is 0 Å². The first-order valence-electron chi connectivity index (χ1n) is 6.58. The van der Waals surface area contributed by atoms with Crippen molar-refractivity contribution in [1.82, 2.24) is 5.32 Å². The van der Waals surface area contributed by atoms with Crippen LogP contribution in [-0.4, -0.2) is 6.04 Å². The minimum absolute atomic E-state index is 0.446. The first-order chi connectivity index (χ1) is 8.75. The van der Waals surface area contributed by atoms with Crippen LogP contribution in [0.5, 0.6) is 0 Å². The Bertz CT molecular complexity index is 435. The average molecular weight is 259 g/mol. The van der Waals surface area contributed by atoms with E-state index in [0.717, 1.165) is 6.42 Å². The molecule has 0 aliphatic rings. The number of thiophene rings is 1. The van der Waals surface area contributed by atoms with Gasteiger partial charge in [0.1, 0.15) is 0 Å². The summed E-state index contributed by atoms with van der Waals surface area (Å²) in [6.07, 6.45) is 2.32. The Morgan fingerprint density at radius 2 is 1.89 bits per heavy atom. The van der Waals surface area contributed by atoms with Gasteiger partial charge in [0.25, 0.3) is 0 Å². The van der Waals surface area contributed by atoms with E-state index >= 15 is 0 Å². The second-order valence-corrected chi connectivity index (χ2v) is 5.65. The van der Waals surface area contributed by atoms with Crippen molar-refractivity contribution in [1.29, 1.82) is 0 Å². The minimum Gasteiger partial charge on any atom is -0.308 e. The van der Waals surface area contributed by atoms with Gasteiger partial charge >= 0.3 is 0 Å². The smallest absolute Gasteiger partial charge is 0.0302 e. The Kier molecular flexibility index (Phi) is 4.97. The molecule has 1 heterocycles. The summed E-state index contributed by atoms with van der Waals surface area (Å²) in [6.45, 7) is 4.51. The summed E-state index contributed by atoms with van der Waals surface area (Å²) in [6, 6.07) is 13.9. The van der Waals surface area contributed by atoms with Gasteiger partial charge in [-0.15, -0.1) is 0 Å². The Hall–Kier alpha value is -1.12. The largest absolute Gasteiger partial charge is 0.308 e. The lowest BCUT2D eigenvalue weighted by Gasteiger charge is -2.19. The molecular weight excluding hydrogens is 238 g/mol. The molecule has 0 aliphatic heterocycles. The SMILES string of the molecule is CC(CCc1ccccc1)NC(C)c1ccsc1. The van der Waals surface area contributed by atoms with E-state index in [2.05, 4.69) is 66.3 Å². The highest BCUT2D eigenvalue weighted by atomic mass is 32.1. The molecule has 2 aromatic rings. The predicted molar refractivity (Wildman–Crippen MR) is 80.1 cm³/mol. The van der Waals surface area contributed by atoms with Crippen molar-refractivity contribution in [2.24, 2.45) is 0 Å². The van der Waals surface area contributed by atoms with E-state index in [1.165, 1.54) is 17.5 Å². The van der Waals surface area contributed by atoms with Gasteiger partial charge in [-0.25, -0.2) is 0 Å². The van der Waals surface area contributed by atoms with Crippen LogP contribution in [0.15, 0.2) is 47.2 Å². The molecule has 96 valence electrons. The third-order valence-electron chi connectivity index (χ3n) is 3.29. The van der Waals surface area contributed by atoms with E-state index < -0.39 is 0 Å². The van der Waals surface area contributed by atoms with Gasteiger partial charge < -0.3 is 5.32 Å². The van der Waals surface area contributed by atoms with E-state index in [1.54, 1.807) is 11.3 Å². The highest BCUT2D eigenvalue weighted by Gasteiger charge is 2.09. The van der Waals surface area contributed by atoms with Crippen LogP contribution in [0.2, 0.25) is 0 Å². The molecule has 0 bridgehead atoms. The van der Waals surface area contributed by atoms with Crippen molar-refractivity contribution >= 4 is 11.3 Å². The van der Waals surface area contributed by atoms with Crippen LogP contribution in [0.4, 0.5) is 0 Å². The molecule has 1 nitrogen and oxygen atoms in total. The van der Waals surface area contributed by atoms with E-state index in [9.17, 15) is 0 Å². The number of aryl methyl sites for hydroxylation is 1. The third kappa shape index (κ3) is 3.97. The van der Waals surface area contributed by atoms with Crippen LogP contribution in [0.3, 0.4) is 0 Å². The highest BCUT2D eigenvalue weighted by molar-refractivity contribution is 7.07. The fraction of sp³-hybridized carbons (Fsp3) is 0.375. The first-order valence-corrected chi connectivity index (χ1v) is 7.52. The number of nitrogens with one attached hydrogen (secondary N) is 1. The lowest BCUT2D eigenvalue weighted by atomic mass is 10.0. The maximum atomic E-state index is 3.66. The lowest BCUT2D eigenvalue weighted by molar-refractivity contribution is 0.457. The quantitative estimate of drug-likeness (QED) is 0.809. The molecule has 1 N–H and O–H groups in total. The summed E-state index contributed by atoms with van der Waals surface area (Å²) < 4.78 is 0. The molecule has 1 aromatic carbocycles. The molecule has 2 rings (SSSR count). The second kappa shape index (κ2) is 6.72. The van der Waals surface area contributed by atoms with Crippen molar-refractivity contribution in [3.63, 3.8) is 0 Å². The van der Waals surface area contributed by atoms with Crippen molar-refractivity contribution in [2.45, 2.75) is 38.8 Å². The standard InChI is InChI=1S/C16H21NS/c1-13(8-9-15-6-4-3-5-7-15)17-14(2)16-10-11-18-12-16/h3-7,10-14,17H,8-9H2,1-2H3. The Balaban J connectivity index is 1.77. The second-order valence-electron chi connectivity index (χ2n) is 4.87. The van der Waals surface area contributed by atoms with Gasteiger partial charge in [-0.1, -0.05) is 30.3 Å². The van der Waals surface area contributed by atoms with Gasteiger partial charge in [0.05, 0.1) is 0 Å². The van der Waals surface area contributed by atoms with Crippen LogP contribution in [-0.2, 0) is 6.42 Å². The molecule has 18 heavy (non-hydrogen) atoms. The van der Waals surface area contributed by atoms with E-state index in [-0.39, 0.29) is 0 Å². The van der Waals surface area contributed by atoms with Gasteiger partial charge in [-0.05, 0) is 54.6 Å². The Morgan fingerprint density at radius 1 is 1.11 bits per heavy atom. The third-order valence-corrected chi connectivity index (χ3v) is 3.99. The molecule has 2 heteroatoms. The van der Waals surface area contributed by atoms with Gasteiger partial charge in [-0.2, -0.15) is 11.3 Å². The van der Waals surface area contributed by atoms with Crippen molar-refractivity contribution in [3.05, 3.63) is 58.3 Å². The maximum Gasteiger partial charge on any atom is 0.0302 e. The maximum absolute atomic E-state index is 3.66.